The lowest BCUT2D eigenvalue weighted by atomic mass is 9.98. The summed E-state index contributed by atoms with van der Waals surface area (Å²) in [6.07, 6.45) is 8.57. The summed E-state index contributed by atoms with van der Waals surface area (Å²) in [7, 11) is 0. The predicted octanol–water partition coefficient (Wildman–Crippen LogP) is 4.84. The van der Waals surface area contributed by atoms with Gasteiger partial charge in [0.05, 0.1) is 0 Å². The summed E-state index contributed by atoms with van der Waals surface area (Å²) >= 11 is 0. The second-order valence-electron chi connectivity index (χ2n) is 4.28. The van der Waals surface area contributed by atoms with Crippen LogP contribution in [0.25, 0.3) is 11.1 Å². The SMILES string of the molecule is C#C/C=C\C(C)=C(/C)c1ccc(C(=C)C)cc1F. The van der Waals surface area contributed by atoms with Gasteiger partial charge in [0.25, 0.3) is 0 Å². The maximum atomic E-state index is 14.0. The highest BCUT2D eigenvalue weighted by atomic mass is 19.1. The highest BCUT2D eigenvalue weighted by molar-refractivity contribution is 5.71. The van der Waals surface area contributed by atoms with Crippen LogP contribution in [0.5, 0.6) is 0 Å². The molecule has 1 rings (SSSR count). The molecule has 0 nitrogen and oxygen atoms in total. The number of halogens is 1. The van der Waals surface area contributed by atoms with Gasteiger partial charge in [-0.15, -0.1) is 6.42 Å². The van der Waals surface area contributed by atoms with Gasteiger partial charge in [-0.2, -0.15) is 0 Å². The molecule has 0 N–H and O–H groups in total. The minimum absolute atomic E-state index is 0.235. The number of allylic oxidation sites excluding steroid dienone is 5. The molecule has 0 aliphatic rings. The number of rotatable bonds is 3. The van der Waals surface area contributed by atoms with E-state index in [4.69, 9.17) is 6.42 Å². The molecule has 0 spiro atoms. The third-order valence-corrected chi connectivity index (χ3v) is 2.89. The first kappa shape index (κ1) is 14.0. The maximum absolute atomic E-state index is 14.0. The van der Waals surface area contributed by atoms with E-state index in [1.807, 2.05) is 26.8 Å². The first-order chi connectivity index (χ1) is 8.47. The van der Waals surface area contributed by atoms with E-state index in [1.54, 1.807) is 18.2 Å². The van der Waals surface area contributed by atoms with Gasteiger partial charge in [0.1, 0.15) is 5.82 Å². The molecule has 0 radical (unpaired) electrons. The zero-order valence-corrected chi connectivity index (χ0v) is 11.0. The summed E-state index contributed by atoms with van der Waals surface area (Å²) in [6.45, 7) is 9.46. The molecule has 0 amide bonds. The molecule has 0 saturated carbocycles. The van der Waals surface area contributed by atoms with Crippen molar-refractivity contribution in [2.75, 3.05) is 0 Å². The van der Waals surface area contributed by atoms with Crippen LogP contribution in [0, 0.1) is 18.2 Å². The van der Waals surface area contributed by atoms with Crippen LogP contribution in [-0.4, -0.2) is 0 Å². The van der Waals surface area contributed by atoms with E-state index in [0.29, 0.717) is 5.56 Å². The summed E-state index contributed by atoms with van der Waals surface area (Å²) in [5.74, 6) is 2.19. The molecule has 0 heterocycles. The Morgan fingerprint density at radius 3 is 2.50 bits per heavy atom. The van der Waals surface area contributed by atoms with Crippen molar-refractivity contribution in [3.8, 4) is 12.3 Å². The maximum Gasteiger partial charge on any atom is 0.131 e. The first-order valence-electron chi connectivity index (χ1n) is 5.73. The van der Waals surface area contributed by atoms with Crippen LogP contribution in [0.2, 0.25) is 0 Å². The van der Waals surface area contributed by atoms with Crippen molar-refractivity contribution in [1.29, 1.82) is 0 Å². The van der Waals surface area contributed by atoms with Gasteiger partial charge < -0.3 is 0 Å². The number of hydrogen-bond donors (Lipinski definition) is 0. The lowest BCUT2D eigenvalue weighted by Gasteiger charge is -2.08. The van der Waals surface area contributed by atoms with Crippen molar-refractivity contribution in [2.24, 2.45) is 0 Å². The van der Waals surface area contributed by atoms with Gasteiger partial charge in [-0.1, -0.05) is 36.3 Å². The monoisotopic (exact) mass is 240 g/mol. The molecule has 0 atom stereocenters. The Labute approximate surface area is 109 Å². The van der Waals surface area contributed by atoms with Gasteiger partial charge in [-0.3, -0.25) is 0 Å². The van der Waals surface area contributed by atoms with Gasteiger partial charge in [0, 0.05) is 5.56 Å². The molecule has 0 saturated heterocycles. The van der Waals surface area contributed by atoms with E-state index in [1.165, 1.54) is 6.07 Å². The average Bonchev–Trinajstić information content (AvgIpc) is 2.34. The molecule has 0 fully saturated rings. The van der Waals surface area contributed by atoms with Crippen LogP contribution in [-0.2, 0) is 0 Å². The van der Waals surface area contributed by atoms with Crippen LogP contribution in [0.15, 0.2) is 42.5 Å². The largest absolute Gasteiger partial charge is 0.206 e. The Kier molecular flexibility index (Phi) is 4.68. The van der Waals surface area contributed by atoms with E-state index in [9.17, 15) is 4.39 Å². The molecule has 0 bridgehead atoms. The summed E-state index contributed by atoms with van der Waals surface area (Å²) in [5, 5.41) is 0. The molecular formula is C17H17F. The van der Waals surface area contributed by atoms with E-state index >= 15 is 0 Å². The highest BCUT2D eigenvalue weighted by Crippen LogP contribution is 2.24. The molecule has 0 aromatic heterocycles. The van der Waals surface area contributed by atoms with Gasteiger partial charge >= 0.3 is 0 Å². The Morgan fingerprint density at radius 2 is 2.00 bits per heavy atom. The fourth-order valence-corrected chi connectivity index (χ4v) is 1.60. The average molecular weight is 240 g/mol. The van der Waals surface area contributed by atoms with Gasteiger partial charge in [-0.05, 0) is 49.6 Å². The highest BCUT2D eigenvalue weighted by Gasteiger charge is 2.07. The second kappa shape index (κ2) is 6.02. The Morgan fingerprint density at radius 1 is 1.33 bits per heavy atom. The number of hydrogen-bond acceptors (Lipinski definition) is 0. The second-order valence-corrected chi connectivity index (χ2v) is 4.28. The van der Waals surface area contributed by atoms with Crippen LogP contribution < -0.4 is 0 Å². The first-order valence-corrected chi connectivity index (χ1v) is 5.73. The molecule has 1 aromatic rings. The summed E-state index contributed by atoms with van der Waals surface area (Å²) in [6, 6.07) is 5.17. The third-order valence-electron chi connectivity index (χ3n) is 2.89. The van der Waals surface area contributed by atoms with Gasteiger partial charge in [0.15, 0.2) is 0 Å². The standard InChI is InChI=1S/C17H17F/c1-6-7-8-13(4)14(5)16-10-9-15(12(2)3)11-17(16)18/h1,7-11H,2H2,3-5H3/b8-7-,14-13+. The van der Waals surface area contributed by atoms with E-state index < -0.39 is 0 Å². The van der Waals surface area contributed by atoms with E-state index in [2.05, 4.69) is 12.5 Å². The summed E-state index contributed by atoms with van der Waals surface area (Å²) < 4.78 is 14.0. The lowest BCUT2D eigenvalue weighted by Crippen LogP contribution is -1.91. The smallest absolute Gasteiger partial charge is 0.131 e. The van der Waals surface area contributed by atoms with Crippen molar-refractivity contribution in [3.05, 3.63) is 59.4 Å². The van der Waals surface area contributed by atoms with Crippen LogP contribution >= 0.6 is 0 Å². The summed E-state index contributed by atoms with van der Waals surface area (Å²) in [4.78, 5) is 0. The Hall–Kier alpha value is -2.07. The number of benzene rings is 1. The third kappa shape index (κ3) is 3.21. The van der Waals surface area contributed by atoms with E-state index in [0.717, 1.165) is 22.3 Å². The van der Waals surface area contributed by atoms with Gasteiger partial charge in [0.2, 0.25) is 0 Å². The molecule has 0 aliphatic carbocycles. The zero-order valence-electron chi connectivity index (χ0n) is 11.0. The fraction of sp³-hybridized carbons (Fsp3) is 0.176. The Bertz CT molecular complexity index is 566. The minimum atomic E-state index is -0.235. The van der Waals surface area contributed by atoms with Crippen LogP contribution in [0.3, 0.4) is 0 Å². The zero-order chi connectivity index (χ0) is 13.7. The fourth-order valence-electron chi connectivity index (χ4n) is 1.60. The number of terminal acetylenes is 1. The topological polar surface area (TPSA) is 0 Å². The molecule has 1 heteroatoms. The molecular weight excluding hydrogens is 223 g/mol. The van der Waals surface area contributed by atoms with Crippen LogP contribution in [0.4, 0.5) is 4.39 Å². The van der Waals surface area contributed by atoms with Crippen molar-refractivity contribution in [2.45, 2.75) is 20.8 Å². The Balaban J connectivity index is 3.23. The lowest BCUT2D eigenvalue weighted by molar-refractivity contribution is 0.623. The quantitative estimate of drug-likeness (QED) is 0.523. The normalized spacial score (nSPS) is 12.2. The molecule has 18 heavy (non-hydrogen) atoms. The van der Waals surface area contributed by atoms with Gasteiger partial charge in [-0.25, -0.2) is 4.39 Å². The van der Waals surface area contributed by atoms with E-state index in [-0.39, 0.29) is 5.82 Å². The van der Waals surface area contributed by atoms with Crippen molar-refractivity contribution in [1.82, 2.24) is 0 Å². The summed E-state index contributed by atoms with van der Waals surface area (Å²) in [5.41, 5.74) is 4.10. The van der Waals surface area contributed by atoms with Crippen molar-refractivity contribution < 1.29 is 4.39 Å². The molecule has 0 aliphatic heterocycles. The molecule has 0 unspecified atom stereocenters. The van der Waals surface area contributed by atoms with Crippen molar-refractivity contribution in [3.63, 3.8) is 0 Å². The predicted molar refractivity (Wildman–Crippen MR) is 77.3 cm³/mol. The van der Waals surface area contributed by atoms with Crippen molar-refractivity contribution >= 4 is 11.1 Å². The minimum Gasteiger partial charge on any atom is -0.206 e. The molecule has 1 aromatic carbocycles. The van der Waals surface area contributed by atoms with Crippen LogP contribution in [0.1, 0.15) is 31.9 Å². The molecule has 92 valence electrons.